The lowest BCUT2D eigenvalue weighted by Crippen LogP contribution is -2.34. The SMILES string of the molecule is COc1cccc(C(CNC(=O)c2ccc(CN3C(=O)c4ccccc4C3=O)cc2)N(C)C)c1. The molecule has 0 aliphatic carbocycles. The van der Waals surface area contributed by atoms with Crippen LogP contribution in [0.3, 0.4) is 0 Å². The van der Waals surface area contributed by atoms with Crippen molar-refractivity contribution in [2.24, 2.45) is 0 Å². The topological polar surface area (TPSA) is 79.0 Å². The maximum atomic E-state index is 12.8. The van der Waals surface area contributed by atoms with Gasteiger partial charge in [0.25, 0.3) is 17.7 Å². The number of hydrogen-bond donors (Lipinski definition) is 1. The highest BCUT2D eigenvalue weighted by Crippen LogP contribution is 2.25. The van der Waals surface area contributed by atoms with Crippen LogP contribution in [0.5, 0.6) is 5.75 Å². The molecule has 1 N–H and O–H groups in total. The molecule has 3 amide bonds. The number of ether oxygens (including phenoxy) is 1. The molecular formula is C27H27N3O4. The molecule has 0 aromatic heterocycles. The van der Waals surface area contributed by atoms with E-state index in [-0.39, 0.29) is 30.3 Å². The molecule has 1 unspecified atom stereocenters. The summed E-state index contributed by atoms with van der Waals surface area (Å²) in [6.07, 6.45) is 0. The molecule has 7 nitrogen and oxygen atoms in total. The van der Waals surface area contributed by atoms with E-state index >= 15 is 0 Å². The highest BCUT2D eigenvalue weighted by Gasteiger charge is 2.34. The Kier molecular flexibility index (Phi) is 6.75. The number of likely N-dealkylation sites (N-methyl/N-ethyl adjacent to an activating group) is 1. The fourth-order valence-corrected chi connectivity index (χ4v) is 4.07. The second kappa shape index (κ2) is 9.89. The number of nitrogens with one attached hydrogen (secondary N) is 1. The Balaban J connectivity index is 1.39. The molecule has 1 atom stereocenters. The lowest BCUT2D eigenvalue weighted by atomic mass is 10.1. The van der Waals surface area contributed by atoms with E-state index in [9.17, 15) is 14.4 Å². The van der Waals surface area contributed by atoms with Gasteiger partial charge in [0.2, 0.25) is 0 Å². The van der Waals surface area contributed by atoms with E-state index in [4.69, 9.17) is 4.74 Å². The number of rotatable bonds is 8. The van der Waals surface area contributed by atoms with Crippen LogP contribution in [0.15, 0.2) is 72.8 Å². The number of carbonyl (C=O) groups excluding carboxylic acids is 3. The van der Waals surface area contributed by atoms with Gasteiger partial charge >= 0.3 is 0 Å². The van der Waals surface area contributed by atoms with E-state index in [1.165, 1.54) is 4.90 Å². The van der Waals surface area contributed by atoms with E-state index in [0.29, 0.717) is 23.2 Å². The standard InChI is InChI=1S/C27H27N3O4/c1-29(2)24(20-7-6-8-21(15-20)34-3)16-28-25(31)19-13-11-18(12-14-19)17-30-26(32)22-9-4-5-10-23(22)27(30)33/h4-15,24H,16-17H2,1-3H3,(H,28,31). The van der Waals surface area contributed by atoms with Gasteiger partial charge in [0, 0.05) is 12.1 Å². The van der Waals surface area contributed by atoms with Gasteiger partial charge in [0.05, 0.1) is 30.8 Å². The molecule has 0 radical (unpaired) electrons. The lowest BCUT2D eigenvalue weighted by molar-refractivity contribution is 0.0641. The maximum Gasteiger partial charge on any atom is 0.261 e. The van der Waals surface area contributed by atoms with E-state index in [2.05, 4.69) is 5.32 Å². The monoisotopic (exact) mass is 457 g/mol. The van der Waals surface area contributed by atoms with Crippen LogP contribution in [0.4, 0.5) is 0 Å². The van der Waals surface area contributed by atoms with Gasteiger partial charge in [0.1, 0.15) is 5.75 Å². The molecule has 0 spiro atoms. The molecule has 3 aromatic carbocycles. The quantitative estimate of drug-likeness (QED) is 0.524. The van der Waals surface area contributed by atoms with Crippen LogP contribution in [0.1, 0.15) is 48.2 Å². The summed E-state index contributed by atoms with van der Waals surface area (Å²) in [5, 5.41) is 2.99. The Morgan fingerprint density at radius 2 is 1.59 bits per heavy atom. The van der Waals surface area contributed by atoms with Gasteiger partial charge in [-0.1, -0.05) is 36.4 Å². The summed E-state index contributed by atoms with van der Waals surface area (Å²) in [5.74, 6) is -0.0178. The summed E-state index contributed by atoms with van der Waals surface area (Å²) in [5.41, 5.74) is 3.17. The summed E-state index contributed by atoms with van der Waals surface area (Å²) in [7, 11) is 5.55. The molecule has 3 aromatic rings. The summed E-state index contributed by atoms with van der Waals surface area (Å²) < 4.78 is 5.32. The van der Waals surface area contributed by atoms with Crippen molar-refractivity contribution in [2.45, 2.75) is 12.6 Å². The van der Waals surface area contributed by atoms with Crippen LogP contribution in [-0.4, -0.2) is 55.3 Å². The van der Waals surface area contributed by atoms with Crippen LogP contribution in [0.2, 0.25) is 0 Å². The van der Waals surface area contributed by atoms with Crippen LogP contribution in [-0.2, 0) is 6.54 Å². The Bertz CT molecular complexity index is 1190. The summed E-state index contributed by atoms with van der Waals surface area (Å²) >= 11 is 0. The van der Waals surface area contributed by atoms with E-state index < -0.39 is 0 Å². The first-order valence-corrected chi connectivity index (χ1v) is 11.0. The third-order valence-electron chi connectivity index (χ3n) is 5.99. The molecule has 1 aliphatic heterocycles. The van der Waals surface area contributed by atoms with Gasteiger partial charge in [-0.2, -0.15) is 0 Å². The molecule has 34 heavy (non-hydrogen) atoms. The molecule has 0 fully saturated rings. The minimum Gasteiger partial charge on any atom is -0.497 e. The van der Waals surface area contributed by atoms with Crippen molar-refractivity contribution < 1.29 is 19.1 Å². The first kappa shape index (κ1) is 23.2. The zero-order valence-electron chi connectivity index (χ0n) is 19.4. The van der Waals surface area contributed by atoms with Crippen molar-refractivity contribution >= 4 is 17.7 Å². The Morgan fingerprint density at radius 1 is 0.941 bits per heavy atom. The number of methoxy groups -OCH3 is 1. The zero-order chi connectivity index (χ0) is 24.2. The van der Waals surface area contributed by atoms with Crippen LogP contribution >= 0.6 is 0 Å². The lowest BCUT2D eigenvalue weighted by Gasteiger charge is -2.25. The summed E-state index contributed by atoms with van der Waals surface area (Å²) in [6.45, 7) is 0.586. The minimum absolute atomic E-state index is 0.0212. The van der Waals surface area contributed by atoms with Crippen molar-refractivity contribution in [1.29, 1.82) is 0 Å². The number of fused-ring (bicyclic) bond motifs is 1. The van der Waals surface area contributed by atoms with Gasteiger partial charge < -0.3 is 15.0 Å². The number of carbonyl (C=O) groups is 3. The fraction of sp³-hybridized carbons (Fsp3) is 0.222. The zero-order valence-corrected chi connectivity index (χ0v) is 19.4. The average molecular weight is 458 g/mol. The minimum atomic E-state index is -0.297. The Morgan fingerprint density at radius 3 is 2.18 bits per heavy atom. The molecule has 0 bridgehead atoms. The maximum absolute atomic E-state index is 12.8. The molecule has 0 saturated carbocycles. The number of nitrogens with zero attached hydrogens (tertiary/aromatic N) is 2. The van der Waals surface area contributed by atoms with Crippen LogP contribution in [0.25, 0.3) is 0 Å². The van der Waals surface area contributed by atoms with Gasteiger partial charge in [-0.25, -0.2) is 0 Å². The summed E-state index contributed by atoms with van der Waals surface area (Å²) in [4.78, 5) is 41.2. The first-order chi connectivity index (χ1) is 16.4. The van der Waals surface area contributed by atoms with Crippen molar-refractivity contribution in [2.75, 3.05) is 27.7 Å². The molecule has 1 aliphatic rings. The van der Waals surface area contributed by atoms with Crippen LogP contribution < -0.4 is 10.1 Å². The normalized spacial score (nSPS) is 13.7. The largest absolute Gasteiger partial charge is 0.497 e. The number of hydrogen-bond acceptors (Lipinski definition) is 5. The Hall–Kier alpha value is -3.97. The number of amides is 3. The molecule has 4 rings (SSSR count). The predicted molar refractivity (Wildman–Crippen MR) is 129 cm³/mol. The first-order valence-electron chi connectivity index (χ1n) is 11.0. The molecular weight excluding hydrogens is 430 g/mol. The van der Waals surface area contributed by atoms with Crippen molar-refractivity contribution in [3.8, 4) is 5.75 Å². The van der Waals surface area contributed by atoms with Gasteiger partial charge in [-0.15, -0.1) is 0 Å². The third-order valence-corrected chi connectivity index (χ3v) is 5.99. The molecule has 1 heterocycles. The van der Waals surface area contributed by atoms with E-state index in [1.807, 2.05) is 43.3 Å². The predicted octanol–water partition coefficient (Wildman–Crippen LogP) is 3.52. The fourth-order valence-electron chi connectivity index (χ4n) is 4.07. The molecule has 0 saturated heterocycles. The van der Waals surface area contributed by atoms with Crippen molar-refractivity contribution in [1.82, 2.24) is 15.1 Å². The average Bonchev–Trinajstić information content (AvgIpc) is 3.09. The van der Waals surface area contributed by atoms with Crippen molar-refractivity contribution in [3.63, 3.8) is 0 Å². The number of benzene rings is 3. The van der Waals surface area contributed by atoms with Gasteiger partial charge in [-0.05, 0) is 61.6 Å². The second-order valence-electron chi connectivity index (χ2n) is 8.41. The third kappa shape index (κ3) is 4.70. The Labute approximate surface area is 198 Å². The highest BCUT2D eigenvalue weighted by atomic mass is 16.5. The van der Waals surface area contributed by atoms with Crippen LogP contribution in [0, 0.1) is 0 Å². The van der Waals surface area contributed by atoms with E-state index in [0.717, 1.165) is 16.9 Å². The highest BCUT2D eigenvalue weighted by molar-refractivity contribution is 6.21. The summed E-state index contributed by atoms with van der Waals surface area (Å²) in [6, 6.07) is 21.5. The van der Waals surface area contributed by atoms with Gasteiger partial charge in [0.15, 0.2) is 0 Å². The molecule has 174 valence electrons. The van der Waals surface area contributed by atoms with Gasteiger partial charge in [-0.3, -0.25) is 19.3 Å². The van der Waals surface area contributed by atoms with Crippen molar-refractivity contribution in [3.05, 3.63) is 101 Å². The van der Waals surface area contributed by atoms with E-state index in [1.54, 1.807) is 55.6 Å². The smallest absolute Gasteiger partial charge is 0.261 e. The molecule has 7 heteroatoms. The second-order valence-corrected chi connectivity index (χ2v) is 8.41. The number of imide groups is 1.